The summed E-state index contributed by atoms with van der Waals surface area (Å²) in [6, 6.07) is 3.33. The molecule has 0 unspecified atom stereocenters. The Labute approximate surface area is 154 Å². The maximum absolute atomic E-state index is 12.9. The van der Waals surface area contributed by atoms with Crippen molar-refractivity contribution in [3.05, 3.63) is 35.4 Å². The fourth-order valence-electron chi connectivity index (χ4n) is 3.02. The number of alkyl halides is 3. The number of hydrogen-bond donors (Lipinski definition) is 2. The first-order valence-electron chi connectivity index (χ1n) is 8.62. The van der Waals surface area contributed by atoms with Crippen LogP contribution in [-0.2, 0) is 15.7 Å². The number of ether oxygens (including phenoxy) is 1. The smallest absolute Gasteiger partial charge is 0.417 e. The van der Waals surface area contributed by atoms with E-state index in [0.717, 1.165) is 43.9 Å². The summed E-state index contributed by atoms with van der Waals surface area (Å²) in [5.74, 6) is -1.93. The number of hydrogen-bond acceptors (Lipinski definition) is 4. The average Bonchev–Trinajstić information content (AvgIpc) is 2.61. The zero-order valence-corrected chi connectivity index (χ0v) is 14.8. The Morgan fingerprint density at radius 3 is 2.48 bits per heavy atom. The van der Waals surface area contributed by atoms with Gasteiger partial charge in [-0.05, 0) is 30.9 Å². The van der Waals surface area contributed by atoms with Crippen LogP contribution in [0.25, 0.3) is 0 Å². The van der Waals surface area contributed by atoms with E-state index in [1.165, 1.54) is 6.07 Å². The highest BCUT2D eigenvalue weighted by molar-refractivity contribution is 5.97. The second-order valence-electron chi connectivity index (χ2n) is 6.51. The molecular formula is C18H21F3N2O4. The van der Waals surface area contributed by atoms with Crippen molar-refractivity contribution in [2.75, 3.05) is 6.61 Å². The first-order valence-corrected chi connectivity index (χ1v) is 8.62. The maximum atomic E-state index is 12.9. The molecule has 27 heavy (non-hydrogen) atoms. The standard InChI is InChI=1S/C18H21F3N2O4/c1-11-6-2-5-9-14(11)22-17(26)23-15(24)10-27-16(25)12-7-3-4-8-13(12)18(19,20)21/h3-4,7-8,11,14H,2,5-6,9-10H2,1H3,(H2,22,23,24,26)/t11-,14-/m1/s1. The van der Waals surface area contributed by atoms with Crippen LogP contribution in [0.5, 0.6) is 0 Å². The summed E-state index contributed by atoms with van der Waals surface area (Å²) in [5.41, 5.74) is -1.85. The van der Waals surface area contributed by atoms with Crippen LogP contribution in [0.1, 0.15) is 48.5 Å². The van der Waals surface area contributed by atoms with Gasteiger partial charge in [-0.2, -0.15) is 13.2 Å². The van der Waals surface area contributed by atoms with E-state index in [0.29, 0.717) is 0 Å². The van der Waals surface area contributed by atoms with E-state index in [1.54, 1.807) is 0 Å². The van der Waals surface area contributed by atoms with Crippen LogP contribution >= 0.6 is 0 Å². The molecule has 3 amide bonds. The van der Waals surface area contributed by atoms with Crippen LogP contribution in [0.4, 0.5) is 18.0 Å². The zero-order chi connectivity index (χ0) is 20.0. The van der Waals surface area contributed by atoms with Crippen LogP contribution in [0.15, 0.2) is 24.3 Å². The van der Waals surface area contributed by atoms with Crippen molar-refractivity contribution in [2.45, 2.75) is 44.8 Å². The van der Waals surface area contributed by atoms with Gasteiger partial charge in [-0.1, -0.05) is 31.9 Å². The molecule has 0 saturated heterocycles. The van der Waals surface area contributed by atoms with E-state index in [9.17, 15) is 27.6 Å². The largest absolute Gasteiger partial charge is 0.452 e. The first-order chi connectivity index (χ1) is 12.7. The number of esters is 1. The van der Waals surface area contributed by atoms with Gasteiger partial charge in [0.15, 0.2) is 6.61 Å². The summed E-state index contributed by atoms with van der Waals surface area (Å²) in [6.07, 6.45) is -0.857. The predicted octanol–water partition coefficient (Wildman–Crippen LogP) is 3.27. The lowest BCUT2D eigenvalue weighted by Gasteiger charge is -2.29. The van der Waals surface area contributed by atoms with E-state index >= 15 is 0 Å². The maximum Gasteiger partial charge on any atom is 0.417 e. The number of benzene rings is 1. The Balaban J connectivity index is 1.85. The number of imide groups is 1. The summed E-state index contributed by atoms with van der Waals surface area (Å²) in [6.45, 7) is 1.14. The average molecular weight is 386 g/mol. The van der Waals surface area contributed by atoms with Crippen molar-refractivity contribution in [2.24, 2.45) is 5.92 Å². The van der Waals surface area contributed by atoms with Crippen LogP contribution in [0, 0.1) is 5.92 Å². The second-order valence-corrected chi connectivity index (χ2v) is 6.51. The van der Waals surface area contributed by atoms with Crippen LogP contribution < -0.4 is 10.6 Å². The Morgan fingerprint density at radius 2 is 1.81 bits per heavy atom. The molecule has 0 aliphatic heterocycles. The quantitative estimate of drug-likeness (QED) is 0.778. The van der Waals surface area contributed by atoms with Crippen molar-refractivity contribution in [3.8, 4) is 0 Å². The topological polar surface area (TPSA) is 84.5 Å². The molecule has 2 rings (SSSR count). The molecular weight excluding hydrogens is 365 g/mol. The lowest BCUT2D eigenvalue weighted by atomic mass is 9.86. The van der Waals surface area contributed by atoms with Crippen LogP contribution in [0.2, 0.25) is 0 Å². The molecule has 1 aliphatic carbocycles. The number of rotatable bonds is 4. The van der Waals surface area contributed by atoms with E-state index in [2.05, 4.69) is 10.1 Å². The third-order valence-electron chi connectivity index (χ3n) is 4.47. The number of halogens is 3. The molecule has 9 heteroatoms. The van der Waals surface area contributed by atoms with Crippen LogP contribution in [-0.4, -0.2) is 30.6 Å². The van der Waals surface area contributed by atoms with E-state index in [4.69, 9.17) is 0 Å². The molecule has 2 atom stereocenters. The molecule has 0 bridgehead atoms. The number of nitrogens with one attached hydrogen (secondary N) is 2. The number of urea groups is 1. The first kappa shape index (κ1) is 20.7. The minimum absolute atomic E-state index is 0.0484. The van der Waals surface area contributed by atoms with Crippen molar-refractivity contribution in [3.63, 3.8) is 0 Å². The molecule has 6 nitrogen and oxygen atoms in total. The minimum Gasteiger partial charge on any atom is -0.452 e. The third kappa shape index (κ3) is 5.97. The van der Waals surface area contributed by atoms with E-state index < -0.39 is 41.8 Å². The van der Waals surface area contributed by atoms with Gasteiger partial charge >= 0.3 is 18.2 Å². The number of carbonyl (C=O) groups excluding carboxylic acids is 3. The fourth-order valence-corrected chi connectivity index (χ4v) is 3.02. The molecule has 0 radical (unpaired) electrons. The molecule has 1 aromatic carbocycles. The summed E-state index contributed by atoms with van der Waals surface area (Å²) in [5, 5.41) is 4.70. The number of carbonyl (C=O) groups is 3. The van der Waals surface area contributed by atoms with E-state index in [-0.39, 0.29) is 12.0 Å². The van der Waals surface area contributed by atoms with Gasteiger partial charge in [0.05, 0.1) is 11.1 Å². The summed E-state index contributed by atoms with van der Waals surface area (Å²) < 4.78 is 43.3. The molecule has 148 valence electrons. The fraction of sp³-hybridized carbons (Fsp3) is 0.500. The van der Waals surface area contributed by atoms with Gasteiger partial charge in [-0.25, -0.2) is 9.59 Å². The Morgan fingerprint density at radius 1 is 1.15 bits per heavy atom. The van der Waals surface area contributed by atoms with Gasteiger partial charge in [0.2, 0.25) is 0 Å². The Hall–Kier alpha value is -2.58. The highest BCUT2D eigenvalue weighted by Crippen LogP contribution is 2.32. The lowest BCUT2D eigenvalue weighted by molar-refractivity contribution is -0.138. The van der Waals surface area contributed by atoms with E-state index in [1.807, 2.05) is 12.2 Å². The highest BCUT2D eigenvalue weighted by Gasteiger charge is 2.35. The SMILES string of the molecule is C[C@@H]1CCCC[C@H]1NC(=O)NC(=O)COC(=O)c1ccccc1C(F)(F)F. The highest BCUT2D eigenvalue weighted by atomic mass is 19.4. The molecule has 1 aromatic rings. The molecule has 2 N–H and O–H groups in total. The monoisotopic (exact) mass is 386 g/mol. The van der Waals surface area contributed by atoms with Gasteiger partial charge in [0, 0.05) is 6.04 Å². The van der Waals surface area contributed by atoms with Crippen molar-refractivity contribution in [1.29, 1.82) is 0 Å². The van der Waals surface area contributed by atoms with Gasteiger partial charge in [-0.15, -0.1) is 0 Å². The second kappa shape index (κ2) is 8.88. The molecule has 1 aliphatic rings. The summed E-state index contributed by atoms with van der Waals surface area (Å²) in [4.78, 5) is 35.4. The summed E-state index contributed by atoms with van der Waals surface area (Å²) in [7, 11) is 0. The molecule has 0 heterocycles. The summed E-state index contributed by atoms with van der Waals surface area (Å²) >= 11 is 0. The molecule has 1 fully saturated rings. The zero-order valence-electron chi connectivity index (χ0n) is 14.8. The minimum atomic E-state index is -4.73. The Kier molecular flexibility index (Phi) is 6.81. The molecule has 0 spiro atoms. The van der Waals surface area contributed by atoms with Gasteiger partial charge in [-0.3, -0.25) is 10.1 Å². The van der Waals surface area contributed by atoms with Crippen molar-refractivity contribution >= 4 is 17.9 Å². The molecule has 1 saturated carbocycles. The van der Waals surface area contributed by atoms with Gasteiger partial charge in [0.1, 0.15) is 0 Å². The van der Waals surface area contributed by atoms with Crippen molar-refractivity contribution in [1.82, 2.24) is 10.6 Å². The predicted molar refractivity (Wildman–Crippen MR) is 89.8 cm³/mol. The lowest BCUT2D eigenvalue weighted by Crippen LogP contribution is -2.48. The normalized spacial score (nSPS) is 19.9. The third-order valence-corrected chi connectivity index (χ3v) is 4.47. The Bertz CT molecular complexity index is 706. The van der Waals surface area contributed by atoms with Crippen LogP contribution in [0.3, 0.4) is 0 Å². The number of amides is 3. The molecule has 0 aromatic heterocycles. The van der Waals surface area contributed by atoms with Gasteiger partial charge < -0.3 is 10.1 Å². The van der Waals surface area contributed by atoms with Gasteiger partial charge in [0.25, 0.3) is 5.91 Å². The van der Waals surface area contributed by atoms with Crippen molar-refractivity contribution < 1.29 is 32.3 Å².